The molecule has 0 aliphatic heterocycles. The average Bonchev–Trinajstić information content (AvgIpc) is 2.19. The summed E-state index contributed by atoms with van der Waals surface area (Å²) >= 11 is 1.65. The van der Waals surface area contributed by atoms with Crippen LogP contribution in [0.3, 0.4) is 0 Å². The summed E-state index contributed by atoms with van der Waals surface area (Å²) in [5.41, 5.74) is 0.268. The molecular weight excluding hydrogens is 192 g/mol. The van der Waals surface area contributed by atoms with Crippen molar-refractivity contribution in [2.24, 2.45) is 0 Å². The lowest BCUT2D eigenvalue weighted by Crippen LogP contribution is -2.24. The SMILES string of the molecule is C#CC(C)(O)CSCc1ccccc1. The van der Waals surface area contributed by atoms with Crippen LogP contribution in [-0.2, 0) is 5.75 Å². The summed E-state index contributed by atoms with van der Waals surface area (Å²) in [6, 6.07) is 10.1. The zero-order valence-corrected chi connectivity index (χ0v) is 9.05. The first kappa shape index (κ1) is 11.2. The van der Waals surface area contributed by atoms with Crippen molar-refractivity contribution in [2.75, 3.05) is 5.75 Å². The number of rotatable bonds is 4. The minimum atomic E-state index is -0.987. The maximum Gasteiger partial charge on any atom is 0.131 e. The molecule has 0 fully saturated rings. The van der Waals surface area contributed by atoms with Crippen molar-refractivity contribution in [3.05, 3.63) is 35.9 Å². The molecule has 0 saturated heterocycles. The lowest BCUT2D eigenvalue weighted by atomic mass is 10.2. The average molecular weight is 206 g/mol. The summed E-state index contributed by atoms with van der Waals surface area (Å²) in [5, 5.41) is 9.54. The van der Waals surface area contributed by atoms with Gasteiger partial charge < -0.3 is 5.11 Å². The third-order valence-electron chi connectivity index (χ3n) is 1.81. The predicted octanol–water partition coefficient (Wildman–Crippen LogP) is 2.30. The molecule has 0 aliphatic carbocycles. The van der Waals surface area contributed by atoms with Crippen LogP contribution in [0.2, 0.25) is 0 Å². The minimum Gasteiger partial charge on any atom is -0.377 e. The molecule has 14 heavy (non-hydrogen) atoms. The highest BCUT2D eigenvalue weighted by Crippen LogP contribution is 2.17. The number of benzene rings is 1. The van der Waals surface area contributed by atoms with E-state index in [9.17, 15) is 5.11 Å². The van der Waals surface area contributed by atoms with Crippen molar-refractivity contribution in [1.29, 1.82) is 0 Å². The second-order valence-corrected chi connectivity index (χ2v) is 4.38. The highest BCUT2D eigenvalue weighted by atomic mass is 32.2. The summed E-state index contributed by atoms with van der Waals surface area (Å²) in [6.07, 6.45) is 5.17. The molecular formula is C12H14OS. The normalized spacial score (nSPS) is 14.4. The van der Waals surface area contributed by atoms with Crippen LogP contribution in [0, 0.1) is 12.3 Å². The van der Waals surface area contributed by atoms with E-state index in [0.717, 1.165) is 5.75 Å². The molecule has 2 heteroatoms. The van der Waals surface area contributed by atoms with Gasteiger partial charge in [0, 0.05) is 11.5 Å². The molecule has 0 radical (unpaired) electrons. The van der Waals surface area contributed by atoms with E-state index < -0.39 is 5.60 Å². The molecule has 1 N–H and O–H groups in total. The van der Waals surface area contributed by atoms with Crippen molar-refractivity contribution >= 4 is 11.8 Å². The van der Waals surface area contributed by atoms with E-state index in [4.69, 9.17) is 6.42 Å². The smallest absolute Gasteiger partial charge is 0.131 e. The molecule has 1 nitrogen and oxygen atoms in total. The molecule has 1 aromatic carbocycles. The summed E-state index contributed by atoms with van der Waals surface area (Å²) in [5.74, 6) is 3.82. The molecule has 0 spiro atoms. The fourth-order valence-electron chi connectivity index (χ4n) is 0.984. The van der Waals surface area contributed by atoms with Gasteiger partial charge in [0.05, 0.1) is 0 Å². The van der Waals surface area contributed by atoms with Crippen molar-refractivity contribution in [3.63, 3.8) is 0 Å². The van der Waals surface area contributed by atoms with E-state index in [-0.39, 0.29) is 0 Å². The molecule has 0 saturated carbocycles. The summed E-state index contributed by atoms with van der Waals surface area (Å²) in [4.78, 5) is 0. The first-order valence-electron chi connectivity index (χ1n) is 4.46. The highest BCUT2D eigenvalue weighted by Gasteiger charge is 2.15. The van der Waals surface area contributed by atoms with Crippen LogP contribution in [0.15, 0.2) is 30.3 Å². The van der Waals surface area contributed by atoms with Gasteiger partial charge in [0.25, 0.3) is 0 Å². The van der Waals surface area contributed by atoms with Crippen molar-refractivity contribution in [2.45, 2.75) is 18.3 Å². The van der Waals surface area contributed by atoms with Gasteiger partial charge in [0.2, 0.25) is 0 Å². The third-order valence-corrected chi connectivity index (χ3v) is 3.11. The van der Waals surface area contributed by atoms with E-state index in [1.54, 1.807) is 18.7 Å². The Kier molecular flexibility index (Phi) is 4.06. The number of aliphatic hydroxyl groups is 1. The lowest BCUT2D eigenvalue weighted by molar-refractivity contribution is 0.149. The van der Waals surface area contributed by atoms with E-state index in [0.29, 0.717) is 5.75 Å². The van der Waals surface area contributed by atoms with Gasteiger partial charge in [-0.1, -0.05) is 36.3 Å². The first-order valence-corrected chi connectivity index (χ1v) is 5.61. The molecule has 0 aliphatic rings. The van der Waals surface area contributed by atoms with Crippen LogP contribution < -0.4 is 0 Å². The van der Waals surface area contributed by atoms with Crippen LogP contribution >= 0.6 is 11.8 Å². The molecule has 1 unspecified atom stereocenters. The topological polar surface area (TPSA) is 20.2 Å². The van der Waals surface area contributed by atoms with E-state index in [2.05, 4.69) is 18.1 Å². The molecule has 0 amide bonds. The summed E-state index contributed by atoms with van der Waals surface area (Å²) in [6.45, 7) is 1.66. The van der Waals surface area contributed by atoms with Gasteiger partial charge in [0.15, 0.2) is 0 Å². The van der Waals surface area contributed by atoms with Crippen molar-refractivity contribution in [1.82, 2.24) is 0 Å². The van der Waals surface area contributed by atoms with E-state index in [1.807, 2.05) is 18.2 Å². The molecule has 0 aromatic heterocycles. The van der Waals surface area contributed by atoms with Gasteiger partial charge in [0.1, 0.15) is 5.60 Å². The fraction of sp³-hybridized carbons (Fsp3) is 0.333. The Morgan fingerprint density at radius 2 is 2.07 bits per heavy atom. The Hall–Kier alpha value is -0.910. The van der Waals surface area contributed by atoms with Gasteiger partial charge in [-0.15, -0.1) is 6.42 Å². The van der Waals surface area contributed by atoms with E-state index in [1.165, 1.54) is 5.56 Å². The maximum atomic E-state index is 9.54. The Bertz CT molecular complexity index is 311. The minimum absolute atomic E-state index is 0.568. The number of hydrogen-bond donors (Lipinski definition) is 1. The Labute approximate surface area is 89.5 Å². The van der Waals surface area contributed by atoms with Crippen LogP contribution in [0.1, 0.15) is 12.5 Å². The first-order chi connectivity index (χ1) is 6.64. The Balaban J connectivity index is 2.34. The Morgan fingerprint density at radius 3 is 2.64 bits per heavy atom. The van der Waals surface area contributed by atoms with Crippen LogP contribution in [0.5, 0.6) is 0 Å². The van der Waals surface area contributed by atoms with Crippen LogP contribution in [0.25, 0.3) is 0 Å². The molecule has 0 heterocycles. The monoisotopic (exact) mass is 206 g/mol. The molecule has 0 bridgehead atoms. The summed E-state index contributed by atoms with van der Waals surface area (Å²) < 4.78 is 0. The predicted molar refractivity (Wildman–Crippen MR) is 62.1 cm³/mol. The fourth-order valence-corrected chi connectivity index (χ4v) is 1.99. The van der Waals surface area contributed by atoms with Gasteiger partial charge in [-0.05, 0) is 12.5 Å². The second-order valence-electron chi connectivity index (χ2n) is 3.40. The number of hydrogen-bond acceptors (Lipinski definition) is 2. The van der Waals surface area contributed by atoms with Gasteiger partial charge in [-0.2, -0.15) is 11.8 Å². The maximum absolute atomic E-state index is 9.54. The summed E-state index contributed by atoms with van der Waals surface area (Å²) in [7, 11) is 0. The van der Waals surface area contributed by atoms with Gasteiger partial charge in [-0.25, -0.2) is 0 Å². The van der Waals surface area contributed by atoms with Crippen LogP contribution in [-0.4, -0.2) is 16.5 Å². The number of thioether (sulfide) groups is 1. The molecule has 1 atom stereocenters. The lowest BCUT2D eigenvalue weighted by Gasteiger charge is -2.14. The van der Waals surface area contributed by atoms with Gasteiger partial charge in [-0.3, -0.25) is 0 Å². The molecule has 1 rings (SSSR count). The second kappa shape index (κ2) is 5.09. The zero-order valence-electron chi connectivity index (χ0n) is 8.23. The highest BCUT2D eigenvalue weighted by molar-refractivity contribution is 7.98. The van der Waals surface area contributed by atoms with E-state index >= 15 is 0 Å². The van der Waals surface area contributed by atoms with Crippen molar-refractivity contribution < 1.29 is 5.11 Å². The van der Waals surface area contributed by atoms with Gasteiger partial charge >= 0.3 is 0 Å². The standard InChI is InChI=1S/C12H14OS/c1-3-12(2,13)10-14-9-11-7-5-4-6-8-11/h1,4-8,13H,9-10H2,2H3. The third kappa shape index (κ3) is 3.87. The largest absolute Gasteiger partial charge is 0.377 e. The Morgan fingerprint density at radius 1 is 1.43 bits per heavy atom. The molecule has 74 valence electrons. The quantitative estimate of drug-likeness (QED) is 0.763. The van der Waals surface area contributed by atoms with Crippen LogP contribution in [0.4, 0.5) is 0 Å². The molecule has 1 aromatic rings. The van der Waals surface area contributed by atoms with Crippen molar-refractivity contribution in [3.8, 4) is 12.3 Å². The number of terminal acetylenes is 1. The zero-order chi connectivity index (χ0) is 10.4.